The number of likely N-dealkylation sites (tertiary alicyclic amines) is 1. The molecule has 2 saturated heterocycles. The molecule has 0 radical (unpaired) electrons. The van der Waals surface area contributed by atoms with Crippen LogP contribution in [0.15, 0.2) is 42.5 Å². The molecule has 2 aromatic rings. The number of rotatable bonds is 6. The van der Waals surface area contributed by atoms with E-state index in [0.717, 1.165) is 36.1 Å². The Labute approximate surface area is 216 Å². The van der Waals surface area contributed by atoms with E-state index in [2.05, 4.69) is 5.32 Å². The van der Waals surface area contributed by atoms with Crippen molar-refractivity contribution in [2.75, 3.05) is 13.1 Å². The molecule has 37 heavy (non-hydrogen) atoms. The van der Waals surface area contributed by atoms with E-state index in [1.54, 1.807) is 4.90 Å². The van der Waals surface area contributed by atoms with Crippen LogP contribution >= 0.6 is 0 Å². The number of benzene rings is 2. The van der Waals surface area contributed by atoms with Crippen molar-refractivity contribution in [3.8, 4) is 0 Å². The van der Waals surface area contributed by atoms with Crippen LogP contribution in [0.2, 0.25) is 0 Å². The molecule has 1 aliphatic carbocycles. The molecule has 0 unspecified atom stereocenters. The maximum atomic E-state index is 15.2. The Balaban J connectivity index is 1.57. The lowest BCUT2D eigenvalue weighted by Gasteiger charge is -2.45. The molecule has 0 spiro atoms. The van der Waals surface area contributed by atoms with Crippen molar-refractivity contribution in [3.05, 3.63) is 70.8 Å². The van der Waals surface area contributed by atoms with E-state index in [4.69, 9.17) is 0 Å². The highest BCUT2D eigenvalue weighted by Crippen LogP contribution is 2.37. The van der Waals surface area contributed by atoms with Crippen LogP contribution in [-0.4, -0.2) is 52.7 Å². The van der Waals surface area contributed by atoms with Crippen LogP contribution in [0.5, 0.6) is 0 Å². The van der Waals surface area contributed by atoms with Gasteiger partial charge in [0, 0.05) is 24.7 Å². The van der Waals surface area contributed by atoms with Crippen molar-refractivity contribution in [1.29, 1.82) is 0 Å². The lowest BCUT2D eigenvalue weighted by atomic mass is 9.87. The van der Waals surface area contributed by atoms with Gasteiger partial charge in [-0.25, -0.2) is 8.78 Å². The van der Waals surface area contributed by atoms with E-state index in [9.17, 15) is 18.8 Å². The highest BCUT2D eigenvalue weighted by Gasteiger charge is 2.50. The summed E-state index contributed by atoms with van der Waals surface area (Å²) < 4.78 is 29.1. The Morgan fingerprint density at radius 2 is 1.68 bits per heavy atom. The molecule has 0 bridgehead atoms. The minimum atomic E-state index is -1.34. The third-order valence-corrected chi connectivity index (χ3v) is 7.89. The monoisotopic (exact) mass is 509 g/mol. The Kier molecular flexibility index (Phi) is 7.01. The van der Waals surface area contributed by atoms with Gasteiger partial charge in [0.2, 0.25) is 17.7 Å². The zero-order valence-corrected chi connectivity index (χ0v) is 21.3. The lowest BCUT2D eigenvalue weighted by molar-refractivity contribution is -0.160. The number of piperazine rings is 1. The minimum absolute atomic E-state index is 0.0407. The largest absolute Gasteiger partial charge is 0.342 e. The van der Waals surface area contributed by atoms with Crippen LogP contribution in [-0.2, 0) is 27.2 Å². The average molecular weight is 510 g/mol. The third kappa shape index (κ3) is 4.86. The van der Waals surface area contributed by atoms with Crippen LogP contribution in [0, 0.1) is 23.5 Å². The van der Waals surface area contributed by atoms with Gasteiger partial charge >= 0.3 is 0 Å². The van der Waals surface area contributed by atoms with Crippen molar-refractivity contribution < 1.29 is 23.2 Å². The summed E-state index contributed by atoms with van der Waals surface area (Å²) in [7, 11) is 0. The van der Waals surface area contributed by atoms with E-state index in [-0.39, 0.29) is 29.2 Å². The summed E-state index contributed by atoms with van der Waals surface area (Å²) in [5, 5.41) is 2.96. The lowest BCUT2D eigenvalue weighted by Crippen LogP contribution is -2.67. The molecule has 3 atom stereocenters. The Morgan fingerprint density at radius 3 is 2.27 bits per heavy atom. The highest BCUT2D eigenvalue weighted by molar-refractivity contribution is 6.00. The second-order valence-corrected chi connectivity index (χ2v) is 10.9. The summed E-state index contributed by atoms with van der Waals surface area (Å²) >= 11 is 0. The van der Waals surface area contributed by atoms with Crippen molar-refractivity contribution in [2.24, 2.45) is 11.8 Å². The van der Waals surface area contributed by atoms with Crippen LogP contribution in [0.1, 0.15) is 55.8 Å². The topological polar surface area (TPSA) is 69.7 Å². The zero-order chi connectivity index (χ0) is 26.3. The molecule has 3 amide bonds. The normalized spacial score (nSPS) is 22.9. The molecule has 2 aliphatic heterocycles. The van der Waals surface area contributed by atoms with Gasteiger partial charge in [-0.15, -0.1) is 0 Å². The van der Waals surface area contributed by atoms with E-state index >= 15 is 4.39 Å². The number of hydrogen-bond donors (Lipinski definition) is 1. The minimum Gasteiger partial charge on any atom is -0.342 e. The molecule has 2 heterocycles. The summed E-state index contributed by atoms with van der Waals surface area (Å²) in [6.07, 6.45) is 3.21. The van der Waals surface area contributed by atoms with Gasteiger partial charge in [0.25, 0.3) is 0 Å². The smallest absolute Gasteiger partial charge is 0.250 e. The molecule has 1 N–H and O–H groups in total. The Bertz CT molecular complexity index is 1190. The molecule has 196 valence electrons. The molecule has 2 aromatic carbocycles. The number of nitrogens with zero attached hydrogens (tertiary/aromatic N) is 2. The summed E-state index contributed by atoms with van der Waals surface area (Å²) in [4.78, 5) is 44.7. The Morgan fingerprint density at radius 1 is 1.03 bits per heavy atom. The quantitative estimate of drug-likeness (QED) is 0.645. The first kappa shape index (κ1) is 25.4. The summed E-state index contributed by atoms with van der Waals surface area (Å²) in [6.45, 7) is 4.88. The van der Waals surface area contributed by atoms with E-state index in [0.29, 0.717) is 32.4 Å². The van der Waals surface area contributed by atoms with Gasteiger partial charge in [-0.1, -0.05) is 44.2 Å². The molecular formula is C29H33F2N3O3. The number of nitrogens with one attached hydrogen (secondary N) is 1. The second-order valence-electron chi connectivity index (χ2n) is 10.9. The first-order valence-corrected chi connectivity index (χ1v) is 13.2. The predicted octanol–water partition coefficient (Wildman–Crippen LogP) is 3.79. The summed E-state index contributed by atoms with van der Waals surface area (Å²) in [5.74, 6) is -2.94. The van der Waals surface area contributed by atoms with E-state index < -0.39 is 35.7 Å². The fourth-order valence-electron chi connectivity index (χ4n) is 6.11. The number of hydrogen-bond acceptors (Lipinski definition) is 3. The van der Waals surface area contributed by atoms with Crippen molar-refractivity contribution in [2.45, 2.75) is 64.1 Å². The van der Waals surface area contributed by atoms with Crippen LogP contribution in [0.3, 0.4) is 0 Å². The number of carbonyl (C=O) groups excluding carboxylic acids is 3. The number of halogens is 2. The number of fused-ring (bicyclic) bond motifs is 1. The van der Waals surface area contributed by atoms with Gasteiger partial charge in [0.05, 0.1) is 0 Å². The molecule has 8 heteroatoms. The SMILES string of the molecule is CC(C)C[C@@H]1C(=O)N[C@H](C2Cc3ccccc3C2)C(=O)N1[C@@H](C(=O)N1CCCC1)c1ccc(F)cc1F. The molecule has 3 aliphatic rings. The number of amides is 3. The van der Waals surface area contributed by atoms with Crippen molar-refractivity contribution in [3.63, 3.8) is 0 Å². The van der Waals surface area contributed by atoms with E-state index in [1.807, 2.05) is 38.1 Å². The zero-order valence-electron chi connectivity index (χ0n) is 21.3. The van der Waals surface area contributed by atoms with Crippen molar-refractivity contribution in [1.82, 2.24) is 15.1 Å². The average Bonchev–Trinajstić information content (AvgIpc) is 3.54. The third-order valence-electron chi connectivity index (χ3n) is 7.89. The van der Waals surface area contributed by atoms with Gasteiger partial charge < -0.3 is 15.1 Å². The maximum absolute atomic E-state index is 15.2. The molecular weight excluding hydrogens is 476 g/mol. The molecule has 5 rings (SSSR count). The van der Waals surface area contributed by atoms with Gasteiger partial charge in [-0.05, 0) is 61.1 Å². The molecule has 0 saturated carbocycles. The van der Waals surface area contributed by atoms with Crippen molar-refractivity contribution >= 4 is 17.7 Å². The summed E-state index contributed by atoms with van der Waals surface area (Å²) in [5.41, 5.74) is 2.20. The molecule has 6 nitrogen and oxygen atoms in total. The van der Waals surface area contributed by atoms with Gasteiger partial charge in [-0.3, -0.25) is 14.4 Å². The fraction of sp³-hybridized carbons (Fsp3) is 0.483. The van der Waals surface area contributed by atoms with Gasteiger partial charge in [0.1, 0.15) is 29.8 Å². The van der Waals surface area contributed by atoms with E-state index in [1.165, 1.54) is 11.0 Å². The maximum Gasteiger partial charge on any atom is 0.250 e. The standard InChI is InChI=1S/C29H33F2N3O3/c1-17(2)13-24-27(35)32-25(20-14-18-7-3-4-8-19(18)15-20)28(36)34(24)26(29(37)33-11-5-6-12-33)22-10-9-21(30)16-23(22)31/h3-4,7-10,16-17,20,24-26H,5-6,11-15H2,1-2H3,(H,32,35)/t24-,25-,26-/m1/s1. The molecule has 0 aromatic heterocycles. The first-order valence-electron chi connectivity index (χ1n) is 13.2. The first-order chi connectivity index (χ1) is 17.7. The highest BCUT2D eigenvalue weighted by atomic mass is 19.1. The van der Waals surface area contributed by atoms with Gasteiger partial charge in [-0.2, -0.15) is 0 Å². The Hall–Kier alpha value is -3.29. The van der Waals surface area contributed by atoms with Crippen LogP contribution in [0.25, 0.3) is 0 Å². The second kappa shape index (κ2) is 10.2. The fourth-order valence-corrected chi connectivity index (χ4v) is 6.11. The predicted molar refractivity (Wildman–Crippen MR) is 134 cm³/mol. The number of carbonyl (C=O) groups is 3. The van der Waals surface area contributed by atoms with Gasteiger partial charge in [0.15, 0.2) is 0 Å². The molecule has 2 fully saturated rings. The van der Waals surface area contributed by atoms with Crippen LogP contribution < -0.4 is 5.32 Å². The summed E-state index contributed by atoms with van der Waals surface area (Å²) in [6, 6.07) is 7.91. The van der Waals surface area contributed by atoms with Crippen LogP contribution in [0.4, 0.5) is 8.78 Å².